The summed E-state index contributed by atoms with van der Waals surface area (Å²) in [6.45, 7) is 3.57. The molecule has 19 heavy (non-hydrogen) atoms. The van der Waals surface area contributed by atoms with E-state index in [0.717, 1.165) is 23.0 Å². The number of nitrogens with zero attached hydrogens (tertiary/aromatic N) is 1. The molecule has 5 heteroatoms. The number of nitrogens with two attached hydrogens (primary N) is 1. The molecule has 0 aliphatic heterocycles. The Hall–Kier alpha value is -0.390. The Balaban J connectivity index is 2.36. The van der Waals surface area contributed by atoms with Gasteiger partial charge >= 0.3 is 0 Å². The summed E-state index contributed by atoms with van der Waals surface area (Å²) in [4.78, 5) is 13.9. The topological polar surface area (TPSA) is 46.3 Å². The van der Waals surface area contributed by atoms with Gasteiger partial charge in [0.25, 0.3) is 0 Å². The summed E-state index contributed by atoms with van der Waals surface area (Å²) in [5.41, 5.74) is 6.76. The standard InChI is InChI=1S/C14H23BrN2OS/c1-3-11(6-7-16)4-5-14(18)17(2)9-12-8-13(15)19-10-12/h8,10-11H,3-7,9,16H2,1-2H3. The number of carbonyl (C=O) groups excluding carboxylic acids is 1. The molecule has 3 nitrogen and oxygen atoms in total. The number of halogens is 1. The van der Waals surface area contributed by atoms with E-state index < -0.39 is 0 Å². The Labute approximate surface area is 128 Å². The molecule has 0 bridgehead atoms. The van der Waals surface area contributed by atoms with Crippen molar-refractivity contribution in [2.45, 2.75) is 39.2 Å². The molecule has 0 radical (unpaired) electrons. The summed E-state index contributed by atoms with van der Waals surface area (Å²) in [6.07, 6.45) is 3.70. The van der Waals surface area contributed by atoms with Crippen LogP contribution < -0.4 is 5.73 Å². The summed E-state index contributed by atoms with van der Waals surface area (Å²) >= 11 is 5.09. The number of rotatable bonds is 8. The summed E-state index contributed by atoms with van der Waals surface area (Å²) in [5.74, 6) is 0.801. The van der Waals surface area contributed by atoms with Crippen molar-refractivity contribution >= 4 is 33.2 Å². The molecule has 108 valence electrons. The second-order valence-corrected chi connectivity index (χ2v) is 7.19. The molecule has 0 aliphatic rings. The first-order chi connectivity index (χ1) is 9.06. The van der Waals surface area contributed by atoms with Crippen LogP contribution in [0, 0.1) is 5.92 Å². The second kappa shape index (κ2) is 8.72. The van der Waals surface area contributed by atoms with Crippen LogP contribution in [0.4, 0.5) is 0 Å². The van der Waals surface area contributed by atoms with Gasteiger partial charge in [-0.05, 0) is 58.2 Å². The van der Waals surface area contributed by atoms with Crippen LogP contribution in [0.15, 0.2) is 15.2 Å². The van der Waals surface area contributed by atoms with E-state index in [0.29, 0.717) is 25.4 Å². The fourth-order valence-corrected chi connectivity index (χ4v) is 3.30. The molecule has 0 saturated carbocycles. The SMILES string of the molecule is CCC(CCN)CCC(=O)N(C)Cc1csc(Br)c1. The Morgan fingerprint density at radius 3 is 2.79 bits per heavy atom. The van der Waals surface area contributed by atoms with Gasteiger partial charge in [-0.3, -0.25) is 4.79 Å². The minimum atomic E-state index is 0.220. The predicted molar refractivity (Wildman–Crippen MR) is 85.2 cm³/mol. The predicted octanol–water partition coefficient (Wildman–Crippen LogP) is 3.62. The van der Waals surface area contributed by atoms with E-state index in [2.05, 4.69) is 34.3 Å². The maximum absolute atomic E-state index is 12.1. The number of thiophene rings is 1. The Morgan fingerprint density at radius 2 is 2.26 bits per heavy atom. The Morgan fingerprint density at radius 1 is 1.53 bits per heavy atom. The summed E-state index contributed by atoms with van der Waals surface area (Å²) in [7, 11) is 1.87. The maximum atomic E-state index is 12.1. The van der Waals surface area contributed by atoms with E-state index in [-0.39, 0.29) is 5.91 Å². The highest BCUT2D eigenvalue weighted by Crippen LogP contribution is 2.22. The summed E-state index contributed by atoms with van der Waals surface area (Å²) in [6, 6.07) is 2.07. The molecule has 1 unspecified atom stereocenters. The van der Waals surface area contributed by atoms with E-state index in [1.807, 2.05) is 11.9 Å². The average molecular weight is 347 g/mol. The van der Waals surface area contributed by atoms with Crippen molar-refractivity contribution in [1.82, 2.24) is 4.90 Å². The van der Waals surface area contributed by atoms with Crippen LogP contribution >= 0.6 is 27.3 Å². The van der Waals surface area contributed by atoms with Crippen LogP contribution in [0.1, 0.15) is 38.2 Å². The molecule has 1 rings (SSSR count). The molecule has 1 atom stereocenters. The third-order valence-electron chi connectivity index (χ3n) is 3.39. The van der Waals surface area contributed by atoms with Crippen molar-refractivity contribution in [3.05, 3.63) is 20.8 Å². The van der Waals surface area contributed by atoms with Crippen molar-refractivity contribution in [2.75, 3.05) is 13.6 Å². The molecule has 0 aliphatic carbocycles. The summed E-state index contributed by atoms with van der Waals surface area (Å²) in [5, 5.41) is 2.08. The molecule has 0 aromatic carbocycles. The zero-order valence-electron chi connectivity index (χ0n) is 11.7. The van der Waals surface area contributed by atoms with Gasteiger partial charge in [-0.2, -0.15) is 0 Å². The Bertz CT molecular complexity index is 395. The number of hydrogen-bond donors (Lipinski definition) is 1. The lowest BCUT2D eigenvalue weighted by molar-refractivity contribution is -0.130. The van der Waals surface area contributed by atoms with E-state index in [1.54, 1.807) is 11.3 Å². The number of hydrogen-bond acceptors (Lipinski definition) is 3. The van der Waals surface area contributed by atoms with Gasteiger partial charge in [-0.25, -0.2) is 0 Å². The zero-order chi connectivity index (χ0) is 14.3. The van der Waals surface area contributed by atoms with Crippen LogP contribution in [-0.2, 0) is 11.3 Å². The van der Waals surface area contributed by atoms with E-state index in [1.165, 1.54) is 5.56 Å². The molecule has 2 N–H and O–H groups in total. The monoisotopic (exact) mass is 346 g/mol. The molecule has 1 aromatic rings. The molecule has 1 aromatic heterocycles. The van der Waals surface area contributed by atoms with Crippen LogP contribution in [0.5, 0.6) is 0 Å². The molecule has 1 amide bonds. The summed E-state index contributed by atoms with van der Waals surface area (Å²) < 4.78 is 1.11. The van der Waals surface area contributed by atoms with Crippen molar-refractivity contribution in [3.8, 4) is 0 Å². The first-order valence-electron chi connectivity index (χ1n) is 6.73. The van der Waals surface area contributed by atoms with Gasteiger partial charge in [-0.1, -0.05) is 13.3 Å². The smallest absolute Gasteiger partial charge is 0.222 e. The van der Waals surface area contributed by atoms with Crippen LogP contribution in [-0.4, -0.2) is 24.4 Å². The molecule has 0 spiro atoms. The molecule has 0 saturated heterocycles. The van der Waals surface area contributed by atoms with Gasteiger partial charge in [0, 0.05) is 20.0 Å². The van der Waals surface area contributed by atoms with Gasteiger partial charge in [0.1, 0.15) is 0 Å². The third-order valence-corrected chi connectivity index (χ3v) is 4.94. The second-order valence-electron chi connectivity index (χ2n) is 4.90. The van der Waals surface area contributed by atoms with Crippen molar-refractivity contribution in [1.29, 1.82) is 0 Å². The minimum Gasteiger partial charge on any atom is -0.341 e. The quantitative estimate of drug-likeness (QED) is 0.781. The third kappa shape index (κ3) is 6.06. The first kappa shape index (κ1) is 16.7. The highest BCUT2D eigenvalue weighted by molar-refractivity contribution is 9.11. The largest absolute Gasteiger partial charge is 0.341 e. The van der Waals surface area contributed by atoms with Crippen LogP contribution in [0.3, 0.4) is 0 Å². The fraction of sp³-hybridized carbons (Fsp3) is 0.643. The van der Waals surface area contributed by atoms with Crippen molar-refractivity contribution in [2.24, 2.45) is 11.7 Å². The average Bonchev–Trinajstić information content (AvgIpc) is 2.79. The zero-order valence-corrected chi connectivity index (χ0v) is 14.1. The van der Waals surface area contributed by atoms with Crippen molar-refractivity contribution < 1.29 is 4.79 Å². The molecular formula is C14H23BrN2OS. The van der Waals surface area contributed by atoms with Gasteiger partial charge in [0.2, 0.25) is 5.91 Å². The van der Waals surface area contributed by atoms with Gasteiger partial charge in [-0.15, -0.1) is 11.3 Å². The minimum absolute atomic E-state index is 0.220. The van der Waals surface area contributed by atoms with Crippen molar-refractivity contribution in [3.63, 3.8) is 0 Å². The van der Waals surface area contributed by atoms with Gasteiger partial charge in [0.05, 0.1) is 3.79 Å². The highest BCUT2D eigenvalue weighted by Gasteiger charge is 2.13. The van der Waals surface area contributed by atoms with E-state index in [4.69, 9.17) is 5.73 Å². The molecule has 0 fully saturated rings. The lowest BCUT2D eigenvalue weighted by Crippen LogP contribution is -2.26. The Kier molecular flexibility index (Phi) is 7.64. The first-order valence-corrected chi connectivity index (χ1v) is 8.41. The lowest BCUT2D eigenvalue weighted by atomic mass is 9.96. The van der Waals surface area contributed by atoms with E-state index in [9.17, 15) is 4.79 Å². The maximum Gasteiger partial charge on any atom is 0.222 e. The van der Waals surface area contributed by atoms with Crippen LogP contribution in [0.2, 0.25) is 0 Å². The van der Waals surface area contributed by atoms with Gasteiger partial charge in [0.15, 0.2) is 0 Å². The highest BCUT2D eigenvalue weighted by atomic mass is 79.9. The molecular weight excluding hydrogens is 324 g/mol. The fourth-order valence-electron chi connectivity index (χ4n) is 2.10. The van der Waals surface area contributed by atoms with Gasteiger partial charge < -0.3 is 10.6 Å². The molecule has 1 heterocycles. The lowest BCUT2D eigenvalue weighted by Gasteiger charge is -2.19. The van der Waals surface area contributed by atoms with Crippen LogP contribution in [0.25, 0.3) is 0 Å². The number of carbonyl (C=O) groups is 1. The number of amides is 1. The normalized spacial score (nSPS) is 12.4. The van der Waals surface area contributed by atoms with E-state index >= 15 is 0 Å².